The zero-order valence-corrected chi connectivity index (χ0v) is 10.2. The van der Waals surface area contributed by atoms with Gasteiger partial charge in [-0.05, 0) is 25.3 Å². The summed E-state index contributed by atoms with van der Waals surface area (Å²) in [6, 6.07) is 4.10. The van der Waals surface area contributed by atoms with Crippen molar-refractivity contribution in [2.75, 3.05) is 12.4 Å². The van der Waals surface area contributed by atoms with Gasteiger partial charge in [-0.15, -0.1) is 6.58 Å². The van der Waals surface area contributed by atoms with Crippen molar-refractivity contribution in [1.29, 1.82) is 0 Å². The second-order valence-electron chi connectivity index (χ2n) is 4.02. The van der Waals surface area contributed by atoms with Gasteiger partial charge >= 0.3 is 0 Å². The van der Waals surface area contributed by atoms with Crippen LogP contribution in [0.1, 0.15) is 20.3 Å². The Labute approximate surface area is 97.5 Å². The Morgan fingerprint density at radius 1 is 1.56 bits per heavy atom. The van der Waals surface area contributed by atoms with Crippen molar-refractivity contribution < 1.29 is 4.74 Å². The molecule has 16 heavy (non-hydrogen) atoms. The highest BCUT2D eigenvalue weighted by molar-refractivity contribution is 5.41. The zero-order chi connectivity index (χ0) is 12.0. The summed E-state index contributed by atoms with van der Waals surface area (Å²) < 4.78 is 5.15. The van der Waals surface area contributed by atoms with Gasteiger partial charge in [-0.25, -0.2) is 4.98 Å². The van der Waals surface area contributed by atoms with Crippen LogP contribution in [0.15, 0.2) is 31.0 Å². The molecule has 0 radical (unpaired) electrons. The number of methoxy groups -OCH3 is 1. The fourth-order valence-electron chi connectivity index (χ4n) is 1.46. The van der Waals surface area contributed by atoms with E-state index < -0.39 is 0 Å². The maximum absolute atomic E-state index is 5.15. The molecule has 3 nitrogen and oxygen atoms in total. The molecule has 1 N–H and O–H groups in total. The van der Waals surface area contributed by atoms with Gasteiger partial charge in [-0.1, -0.05) is 13.0 Å². The van der Waals surface area contributed by atoms with Gasteiger partial charge in [0, 0.05) is 18.3 Å². The van der Waals surface area contributed by atoms with E-state index in [1.807, 2.05) is 18.2 Å². The minimum Gasteiger partial charge on any atom is -0.497 e. The van der Waals surface area contributed by atoms with Crippen molar-refractivity contribution in [1.82, 2.24) is 4.98 Å². The number of nitrogens with zero attached hydrogens (tertiary/aromatic N) is 1. The summed E-state index contributed by atoms with van der Waals surface area (Å²) >= 11 is 0. The highest BCUT2D eigenvalue weighted by atomic mass is 16.5. The summed E-state index contributed by atoms with van der Waals surface area (Å²) in [7, 11) is 1.66. The molecule has 0 fully saturated rings. The van der Waals surface area contributed by atoms with Crippen molar-refractivity contribution in [3.8, 4) is 5.75 Å². The van der Waals surface area contributed by atoms with Crippen molar-refractivity contribution in [2.24, 2.45) is 5.92 Å². The standard InChI is InChI=1S/C13H20N2O/c1-5-6-10(2)11(3)15-13-9-12(16-4)7-8-14-13/h5,7-11H,1,6H2,2-4H3,(H,14,15). The molecule has 0 aromatic carbocycles. The lowest BCUT2D eigenvalue weighted by Crippen LogP contribution is -2.23. The number of anilines is 1. The molecule has 88 valence electrons. The molecule has 2 atom stereocenters. The fraction of sp³-hybridized carbons (Fsp3) is 0.462. The highest BCUT2D eigenvalue weighted by Gasteiger charge is 2.10. The van der Waals surface area contributed by atoms with Crippen molar-refractivity contribution in [3.63, 3.8) is 0 Å². The summed E-state index contributed by atoms with van der Waals surface area (Å²) in [5.74, 6) is 2.20. The Balaban J connectivity index is 2.61. The first-order chi connectivity index (χ1) is 7.67. The lowest BCUT2D eigenvalue weighted by atomic mass is 10.00. The third-order valence-electron chi connectivity index (χ3n) is 2.73. The molecular weight excluding hydrogens is 200 g/mol. The third kappa shape index (κ3) is 3.57. The zero-order valence-electron chi connectivity index (χ0n) is 10.2. The molecule has 0 aliphatic carbocycles. The molecule has 0 spiro atoms. The normalized spacial score (nSPS) is 13.9. The van der Waals surface area contributed by atoms with Gasteiger partial charge in [-0.3, -0.25) is 0 Å². The van der Waals surface area contributed by atoms with Crippen LogP contribution in [0.3, 0.4) is 0 Å². The molecule has 1 heterocycles. The largest absolute Gasteiger partial charge is 0.497 e. The summed E-state index contributed by atoms with van der Waals surface area (Å²) in [5, 5.41) is 3.36. The molecule has 0 aliphatic heterocycles. The SMILES string of the molecule is C=CCC(C)C(C)Nc1cc(OC)ccn1. The van der Waals surface area contributed by atoms with E-state index in [-0.39, 0.29) is 0 Å². The third-order valence-corrected chi connectivity index (χ3v) is 2.73. The molecule has 0 bridgehead atoms. The average molecular weight is 220 g/mol. The first-order valence-electron chi connectivity index (χ1n) is 5.54. The van der Waals surface area contributed by atoms with E-state index in [0.717, 1.165) is 18.0 Å². The molecule has 0 aliphatic rings. The van der Waals surface area contributed by atoms with Crippen LogP contribution in [0.25, 0.3) is 0 Å². The van der Waals surface area contributed by atoms with Crippen LogP contribution in [-0.2, 0) is 0 Å². The van der Waals surface area contributed by atoms with Gasteiger partial charge in [-0.2, -0.15) is 0 Å². The average Bonchev–Trinajstić information content (AvgIpc) is 2.29. The number of nitrogens with one attached hydrogen (secondary N) is 1. The quantitative estimate of drug-likeness (QED) is 0.748. The number of ether oxygens (including phenoxy) is 1. The Bertz CT molecular complexity index is 338. The summed E-state index contributed by atoms with van der Waals surface area (Å²) in [5.41, 5.74) is 0. The van der Waals surface area contributed by atoms with Gasteiger partial charge in [0.15, 0.2) is 0 Å². The number of allylic oxidation sites excluding steroid dienone is 1. The maximum atomic E-state index is 5.15. The molecule has 2 unspecified atom stereocenters. The molecule has 1 aromatic rings. The number of pyridine rings is 1. The summed E-state index contributed by atoms with van der Waals surface area (Å²) in [6.07, 6.45) is 4.69. The predicted octanol–water partition coefficient (Wildman–Crippen LogP) is 3.10. The number of rotatable bonds is 6. The van der Waals surface area contributed by atoms with Crippen molar-refractivity contribution in [3.05, 3.63) is 31.0 Å². The van der Waals surface area contributed by atoms with Gasteiger partial charge < -0.3 is 10.1 Å². The molecule has 1 rings (SSSR count). The van der Waals surface area contributed by atoms with Crippen LogP contribution in [0.2, 0.25) is 0 Å². The van der Waals surface area contributed by atoms with Crippen molar-refractivity contribution >= 4 is 5.82 Å². The molecule has 0 saturated heterocycles. The van der Waals surface area contributed by atoms with Gasteiger partial charge in [0.1, 0.15) is 11.6 Å². The smallest absolute Gasteiger partial charge is 0.129 e. The van der Waals surface area contributed by atoms with Crippen LogP contribution in [0.5, 0.6) is 5.75 Å². The van der Waals surface area contributed by atoms with E-state index in [1.54, 1.807) is 13.3 Å². The second-order valence-corrected chi connectivity index (χ2v) is 4.02. The summed E-state index contributed by atoms with van der Waals surface area (Å²) in [6.45, 7) is 8.10. The fourth-order valence-corrected chi connectivity index (χ4v) is 1.46. The molecule has 0 amide bonds. The minimum absolute atomic E-state index is 0.359. The number of hydrogen-bond donors (Lipinski definition) is 1. The summed E-state index contributed by atoms with van der Waals surface area (Å²) in [4.78, 5) is 4.25. The van der Waals surface area contributed by atoms with Crippen molar-refractivity contribution in [2.45, 2.75) is 26.3 Å². The molecular formula is C13H20N2O. The second kappa shape index (κ2) is 6.16. The lowest BCUT2D eigenvalue weighted by molar-refractivity contribution is 0.414. The Morgan fingerprint density at radius 3 is 2.94 bits per heavy atom. The predicted molar refractivity (Wildman–Crippen MR) is 67.9 cm³/mol. The Hall–Kier alpha value is -1.51. The maximum Gasteiger partial charge on any atom is 0.129 e. The molecule has 3 heteroatoms. The van der Waals surface area contributed by atoms with E-state index in [0.29, 0.717) is 12.0 Å². The topological polar surface area (TPSA) is 34.1 Å². The van der Waals surface area contributed by atoms with E-state index in [4.69, 9.17) is 4.74 Å². The van der Waals surface area contributed by atoms with Crippen LogP contribution in [0, 0.1) is 5.92 Å². The van der Waals surface area contributed by atoms with Crippen LogP contribution >= 0.6 is 0 Å². The Kier molecular flexibility index (Phi) is 4.83. The van der Waals surface area contributed by atoms with Crippen LogP contribution in [-0.4, -0.2) is 18.1 Å². The first kappa shape index (κ1) is 12.6. The monoisotopic (exact) mass is 220 g/mol. The van der Waals surface area contributed by atoms with E-state index >= 15 is 0 Å². The molecule has 0 saturated carbocycles. The van der Waals surface area contributed by atoms with Crippen LogP contribution in [0.4, 0.5) is 5.82 Å². The molecule has 1 aromatic heterocycles. The van der Waals surface area contributed by atoms with E-state index in [2.05, 4.69) is 30.7 Å². The highest BCUT2D eigenvalue weighted by Crippen LogP contribution is 2.17. The van der Waals surface area contributed by atoms with E-state index in [9.17, 15) is 0 Å². The van der Waals surface area contributed by atoms with Gasteiger partial charge in [0.05, 0.1) is 7.11 Å². The number of aromatic nitrogens is 1. The minimum atomic E-state index is 0.359. The van der Waals surface area contributed by atoms with Crippen LogP contribution < -0.4 is 10.1 Å². The number of hydrogen-bond acceptors (Lipinski definition) is 3. The van der Waals surface area contributed by atoms with E-state index in [1.165, 1.54) is 0 Å². The lowest BCUT2D eigenvalue weighted by Gasteiger charge is -2.20. The Morgan fingerprint density at radius 2 is 2.31 bits per heavy atom. The van der Waals surface area contributed by atoms with Gasteiger partial charge in [0.2, 0.25) is 0 Å². The first-order valence-corrected chi connectivity index (χ1v) is 5.54. The van der Waals surface area contributed by atoms with Gasteiger partial charge in [0.25, 0.3) is 0 Å².